The first-order valence-corrected chi connectivity index (χ1v) is 11.5. The van der Waals surface area contributed by atoms with Gasteiger partial charge in [-0.3, -0.25) is 15.2 Å². The minimum atomic E-state index is -0.353. The second-order valence-corrected chi connectivity index (χ2v) is 8.99. The zero-order chi connectivity index (χ0) is 21.1. The van der Waals surface area contributed by atoms with Gasteiger partial charge in [-0.2, -0.15) is 0 Å². The molecule has 0 aliphatic heterocycles. The van der Waals surface area contributed by atoms with Crippen molar-refractivity contribution in [1.29, 1.82) is 5.41 Å². The van der Waals surface area contributed by atoms with Crippen molar-refractivity contribution in [3.63, 3.8) is 0 Å². The zero-order valence-electron chi connectivity index (χ0n) is 16.7. The van der Waals surface area contributed by atoms with Gasteiger partial charge in [0.1, 0.15) is 22.1 Å². The molecule has 0 saturated carbocycles. The number of carbonyl (C=O) groups is 1. The molecule has 0 amide bonds. The lowest BCUT2D eigenvalue weighted by atomic mass is 9.97. The number of thiophene rings is 1. The monoisotopic (exact) mass is 441 g/mol. The molecule has 1 aromatic carbocycles. The number of amidine groups is 1. The molecular weight excluding hydrogens is 418 g/mol. The first-order valence-electron chi connectivity index (χ1n) is 9.90. The molecule has 0 atom stereocenters. The Balaban J connectivity index is 1.71. The number of nitrogens with two attached hydrogens (primary N) is 1. The van der Waals surface area contributed by atoms with E-state index in [1.807, 2.05) is 30.3 Å². The number of hydrogen-bond donors (Lipinski definition) is 2. The van der Waals surface area contributed by atoms with E-state index in [9.17, 15) is 4.79 Å². The van der Waals surface area contributed by atoms with Gasteiger partial charge in [0.2, 0.25) is 0 Å². The minimum absolute atomic E-state index is 0.0122. The van der Waals surface area contributed by atoms with E-state index in [0.29, 0.717) is 17.5 Å². The third kappa shape index (κ3) is 4.33. The summed E-state index contributed by atoms with van der Waals surface area (Å²) in [6.07, 6.45) is 4.35. The number of nitrogens with zero attached hydrogens (tertiary/aromatic N) is 3. The summed E-state index contributed by atoms with van der Waals surface area (Å²) in [6, 6.07) is 9.36. The van der Waals surface area contributed by atoms with Gasteiger partial charge in [0.05, 0.1) is 12.3 Å². The molecule has 156 valence electrons. The summed E-state index contributed by atoms with van der Waals surface area (Å²) >= 11 is 2.86. The summed E-state index contributed by atoms with van der Waals surface area (Å²) in [5, 5.41) is 11.7. The zero-order valence-corrected chi connectivity index (χ0v) is 18.3. The quantitative estimate of drug-likeness (QED) is 0.117. The van der Waals surface area contributed by atoms with E-state index in [1.54, 1.807) is 18.3 Å². The molecule has 30 heavy (non-hydrogen) atoms. The summed E-state index contributed by atoms with van der Waals surface area (Å²) in [6.45, 7) is 2.09. The molecule has 1 aliphatic carbocycles. The van der Waals surface area contributed by atoms with Crippen LogP contribution in [0.15, 0.2) is 35.4 Å². The molecule has 7 nitrogen and oxygen atoms in total. The largest absolute Gasteiger partial charge is 0.466 e. The number of aryl methyl sites for hydroxylation is 2. The number of fused-ring (bicyclic) bond motifs is 3. The average molecular weight is 442 g/mol. The highest BCUT2D eigenvalue weighted by molar-refractivity contribution is 8.14. The highest BCUT2D eigenvalue weighted by Crippen LogP contribution is 2.40. The van der Waals surface area contributed by atoms with Crippen molar-refractivity contribution in [2.45, 2.75) is 44.1 Å². The van der Waals surface area contributed by atoms with E-state index in [2.05, 4.69) is 9.97 Å². The van der Waals surface area contributed by atoms with Gasteiger partial charge in [0.15, 0.2) is 5.17 Å². The second-order valence-electron chi connectivity index (χ2n) is 6.93. The van der Waals surface area contributed by atoms with Crippen molar-refractivity contribution < 1.29 is 9.53 Å². The number of hydrazine groups is 1. The maximum Gasteiger partial charge on any atom is 0.313 e. The number of ether oxygens (including phenoxy) is 1. The van der Waals surface area contributed by atoms with E-state index in [1.165, 1.54) is 33.6 Å². The summed E-state index contributed by atoms with van der Waals surface area (Å²) in [4.78, 5) is 23.5. The van der Waals surface area contributed by atoms with E-state index in [0.717, 1.165) is 35.2 Å². The van der Waals surface area contributed by atoms with Crippen LogP contribution in [0.5, 0.6) is 0 Å². The van der Waals surface area contributed by atoms with Gasteiger partial charge >= 0.3 is 5.97 Å². The van der Waals surface area contributed by atoms with Crippen molar-refractivity contribution in [2.75, 3.05) is 11.6 Å². The highest BCUT2D eigenvalue weighted by Gasteiger charge is 2.24. The average Bonchev–Trinajstić information content (AvgIpc) is 3.12. The Morgan fingerprint density at radius 1 is 1.27 bits per heavy atom. The number of rotatable bonds is 5. The lowest BCUT2D eigenvalue weighted by Crippen LogP contribution is -2.35. The molecule has 0 saturated heterocycles. The van der Waals surface area contributed by atoms with E-state index in [-0.39, 0.29) is 17.6 Å². The van der Waals surface area contributed by atoms with Crippen molar-refractivity contribution in [3.8, 4) is 0 Å². The van der Waals surface area contributed by atoms with Crippen LogP contribution in [0.3, 0.4) is 0 Å². The molecule has 0 unspecified atom stereocenters. The topological polar surface area (TPSA) is 105 Å². The van der Waals surface area contributed by atoms with Gasteiger partial charge in [-0.1, -0.05) is 18.2 Å². The van der Waals surface area contributed by atoms with Gasteiger partial charge in [-0.15, -0.1) is 11.3 Å². The fraction of sp³-hybridized carbons (Fsp3) is 0.333. The van der Waals surface area contributed by atoms with Crippen LogP contribution in [-0.2, 0) is 28.8 Å². The number of nitrogens with one attached hydrogen (secondary N) is 1. The molecule has 0 spiro atoms. The van der Waals surface area contributed by atoms with Crippen LogP contribution in [0.1, 0.15) is 36.0 Å². The molecule has 4 rings (SSSR count). The molecule has 1 aliphatic rings. The number of hydrogen-bond acceptors (Lipinski definition) is 8. The summed E-state index contributed by atoms with van der Waals surface area (Å²) in [5.41, 5.74) is 2.00. The molecule has 0 bridgehead atoms. The number of anilines is 1. The van der Waals surface area contributed by atoms with Crippen LogP contribution in [0.2, 0.25) is 0 Å². The van der Waals surface area contributed by atoms with Crippen molar-refractivity contribution >= 4 is 50.1 Å². The number of aromatic nitrogens is 2. The lowest BCUT2D eigenvalue weighted by Gasteiger charge is -2.19. The fourth-order valence-corrected chi connectivity index (χ4v) is 5.71. The fourth-order valence-electron chi connectivity index (χ4n) is 3.51. The Morgan fingerprint density at radius 3 is 2.80 bits per heavy atom. The van der Waals surface area contributed by atoms with Crippen LogP contribution >= 0.6 is 23.1 Å². The number of benzene rings is 1. The molecular formula is C21H23N5O2S2. The maximum atomic E-state index is 12.0. The van der Waals surface area contributed by atoms with Gasteiger partial charge in [-0.05, 0) is 62.1 Å². The number of para-hydroxylation sites is 1. The third-order valence-electron chi connectivity index (χ3n) is 4.88. The van der Waals surface area contributed by atoms with Crippen molar-refractivity contribution in [2.24, 2.45) is 5.84 Å². The normalized spacial score (nSPS) is 13.1. The lowest BCUT2D eigenvalue weighted by molar-refractivity contribution is -0.142. The number of carbonyl (C=O) groups excluding carboxylic acids is 1. The Labute approximate surface area is 183 Å². The smallest absolute Gasteiger partial charge is 0.313 e. The maximum absolute atomic E-state index is 12.0. The predicted molar refractivity (Wildman–Crippen MR) is 121 cm³/mol. The van der Waals surface area contributed by atoms with Crippen LogP contribution in [0, 0.1) is 5.41 Å². The Morgan fingerprint density at radius 2 is 2.03 bits per heavy atom. The van der Waals surface area contributed by atoms with Crippen LogP contribution in [0.25, 0.3) is 10.2 Å². The Hall–Kier alpha value is -2.49. The Bertz CT molecular complexity index is 1080. The van der Waals surface area contributed by atoms with Gasteiger partial charge < -0.3 is 4.74 Å². The molecule has 0 fully saturated rings. The third-order valence-corrected chi connectivity index (χ3v) is 6.95. The van der Waals surface area contributed by atoms with Crippen molar-refractivity contribution in [1.82, 2.24) is 9.97 Å². The number of esters is 1. The first kappa shape index (κ1) is 20.8. The Kier molecular flexibility index (Phi) is 6.31. The van der Waals surface area contributed by atoms with E-state index < -0.39 is 0 Å². The van der Waals surface area contributed by atoms with Crippen LogP contribution in [-0.4, -0.2) is 27.7 Å². The number of thioether (sulfide) groups is 1. The van der Waals surface area contributed by atoms with E-state index in [4.69, 9.17) is 16.0 Å². The first-order chi connectivity index (χ1) is 14.6. The minimum Gasteiger partial charge on any atom is -0.466 e. The summed E-state index contributed by atoms with van der Waals surface area (Å²) < 4.78 is 5.06. The molecule has 0 radical (unpaired) electrons. The van der Waals surface area contributed by atoms with Gasteiger partial charge in [-0.25, -0.2) is 15.8 Å². The van der Waals surface area contributed by atoms with Crippen LogP contribution in [0.4, 0.5) is 5.69 Å². The predicted octanol–water partition coefficient (Wildman–Crippen LogP) is 4.08. The molecule has 3 N–H and O–H groups in total. The molecule has 3 aromatic rings. The SMILES string of the molecule is CCOC(=O)Cc1nc(SC(=N)N(N)c2ccccc2)c2c3c(sc2n1)CCCC3. The second kappa shape index (κ2) is 9.11. The highest BCUT2D eigenvalue weighted by atomic mass is 32.2. The van der Waals surface area contributed by atoms with Crippen molar-refractivity contribution in [3.05, 3.63) is 46.6 Å². The standard InChI is InChI=1S/C21H23N5O2S2/c1-2-28-17(27)12-16-24-19-18(14-10-6-7-11-15(14)29-19)20(25-16)30-21(22)26(23)13-8-4-3-5-9-13/h3-5,8-9,22H,2,6-7,10-12,23H2,1H3. The summed E-state index contributed by atoms with van der Waals surface area (Å²) in [5.74, 6) is 6.24. The molecule has 9 heteroatoms. The van der Waals surface area contributed by atoms with Gasteiger partial charge in [0, 0.05) is 10.3 Å². The summed E-state index contributed by atoms with van der Waals surface area (Å²) in [7, 11) is 0. The van der Waals surface area contributed by atoms with E-state index >= 15 is 0 Å². The van der Waals surface area contributed by atoms with Gasteiger partial charge in [0.25, 0.3) is 0 Å². The molecule has 2 heterocycles. The molecule has 2 aromatic heterocycles. The van der Waals surface area contributed by atoms with Crippen LogP contribution < -0.4 is 10.9 Å².